The zero-order valence-electron chi connectivity index (χ0n) is 7.54. The lowest BCUT2D eigenvalue weighted by Gasteiger charge is -2.21. The fourth-order valence-electron chi connectivity index (χ4n) is 1.29. The van der Waals surface area contributed by atoms with Crippen molar-refractivity contribution in [2.45, 2.75) is 18.6 Å². The summed E-state index contributed by atoms with van der Waals surface area (Å²) in [6.45, 7) is 5.27. The number of nitrogens with one attached hydrogen (secondary N) is 1. The quantitative estimate of drug-likeness (QED) is 0.642. The number of rotatable bonds is 4. The van der Waals surface area contributed by atoms with Crippen LogP contribution >= 0.6 is 0 Å². The van der Waals surface area contributed by atoms with E-state index in [0.29, 0.717) is 5.25 Å². The number of ether oxygens (including phenoxy) is 1. The minimum atomic E-state index is -0.624. The van der Waals surface area contributed by atoms with Gasteiger partial charge in [-0.1, -0.05) is 0 Å². The molecule has 0 aliphatic carbocycles. The molecular weight excluding hydrogens is 174 g/mol. The van der Waals surface area contributed by atoms with E-state index in [2.05, 4.69) is 5.32 Å². The van der Waals surface area contributed by atoms with E-state index in [1.165, 1.54) is 0 Å². The van der Waals surface area contributed by atoms with E-state index in [-0.39, 0.29) is 0 Å². The Hall–Kier alpha value is 0.0700. The topological polar surface area (TPSA) is 38.3 Å². The smallest absolute Gasteiger partial charge is 0.0494 e. The molecule has 0 spiro atoms. The van der Waals surface area contributed by atoms with Crippen LogP contribution in [0, 0.1) is 0 Å². The van der Waals surface area contributed by atoms with E-state index < -0.39 is 10.8 Å². The van der Waals surface area contributed by atoms with Crippen LogP contribution in [0.1, 0.15) is 13.3 Å². The first-order valence-electron chi connectivity index (χ1n) is 4.50. The molecule has 1 aliphatic rings. The van der Waals surface area contributed by atoms with Crippen LogP contribution in [0.4, 0.5) is 0 Å². The van der Waals surface area contributed by atoms with Crippen LogP contribution in [0.5, 0.6) is 0 Å². The Morgan fingerprint density at radius 1 is 1.67 bits per heavy atom. The standard InChI is InChI=1S/C8H17NO2S/c1-2-11-5-3-8-7-9-4-6-12(8)10/h8-9H,2-7H2,1H3. The minimum absolute atomic E-state index is 0.310. The molecule has 1 N–H and O–H groups in total. The molecule has 2 unspecified atom stereocenters. The summed E-state index contributed by atoms with van der Waals surface area (Å²) in [4.78, 5) is 0. The van der Waals surface area contributed by atoms with Gasteiger partial charge in [-0.15, -0.1) is 0 Å². The first kappa shape index (κ1) is 10.2. The van der Waals surface area contributed by atoms with Crippen LogP contribution in [0.2, 0.25) is 0 Å². The lowest BCUT2D eigenvalue weighted by Crippen LogP contribution is -2.41. The summed E-state index contributed by atoms with van der Waals surface area (Å²) in [6.07, 6.45) is 0.924. The van der Waals surface area contributed by atoms with Crippen LogP contribution in [0.25, 0.3) is 0 Å². The third kappa shape index (κ3) is 3.21. The molecule has 0 radical (unpaired) electrons. The molecule has 0 saturated carbocycles. The molecule has 4 heteroatoms. The molecule has 0 aromatic heterocycles. The number of hydrogen-bond acceptors (Lipinski definition) is 3. The Kier molecular flexibility index (Phi) is 4.80. The highest BCUT2D eigenvalue weighted by molar-refractivity contribution is 7.85. The van der Waals surface area contributed by atoms with Gasteiger partial charge in [0.2, 0.25) is 0 Å². The van der Waals surface area contributed by atoms with Gasteiger partial charge in [0.05, 0.1) is 0 Å². The van der Waals surface area contributed by atoms with Crippen molar-refractivity contribution in [1.82, 2.24) is 5.32 Å². The molecule has 0 amide bonds. The SMILES string of the molecule is CCOCCC1CNCCS1=O. The zero-order chi connectivity index (χ0) is 8.81. The Bertz CT molecular complexity index is 152. The Morgan fingerprint density at radius 3 is 3.17 bits per heavy atom. The van der Waals surface area contributed by atoms with Crippen molar-refractivity contribution in [3.63, 3.8) is 0 Å². The fraction of sp³-hybridized carbons (Fsp3) is 1.00. The van der Waals surface area contributed by atoms with Crippen molar-refractivity contribution >= 4 is 10.8 Å². The van der Waals surface area contributed by atoms with E-state index in [4.69, 9.17) is 4.74 Å². The predicted octanol–water partition coefficient (Wildman–Crippen LogP) is 0.134. The molecule has 0 aromatic rings. The first-order valence-corrected chi connectivity index (χ1v) is 5.88. The van der Waals surface area contributed by atoms with E-state index in [0.717, 1.165) is 38.5 Å². The summed E-state index contributed by atoms with van der Waals surface area (Å²) in [5.74, 6) is 0.802. The second-order valence-corrected chi connectivity index (χ2v) is 4.73. The first-order chi connectivity index (χ1) is 5.84. The van der Waals surface area contributed by atoms with Gasteiger partial charge >= 0.3 is 0 Å². The maximum Gasteiger partial charge on any atom is 0.0494 e. The Balaban J connectivity index is 2.16. The number of hydrogen-bond donors (Lipinski definition) is 1. The van der Waals surface area contributed by atoms with Crippen LogP contribution in [0.3, 0.4) is 0 Å². The van der Waals surface area contributed by atoms with E-state index >= 15 is 0 Å². The Morgan fingerprint density at radius 2 is 2.50 bits per heavy atom. The molecule has 1 rings (SSSR count). The lowest BCUT2D eigenvalue weighted by atomic mass is 10.3. The maximum absolute atomic E-state index is 11.4. The molecule has 12 heavy (non-hydrogen) atoms. The second kappa shape index (κ2) is 5.67. The third-order valence-electron chi connectivity index (χ3n) is 2.01. The van der Waals surface area contributed by atoms with Gasteiger partial charge in [-0.25, -0.2) is 0 Å². The van der Waals surface area contributed by atoms with Crippen molar-refractivity contribution in [2.75, 3.05) is 32.1 Å². The zero-order valence-corrected chi connectivity index (χ0v) is 8.36. The molecule has 0 aromatic carbocycles. The molecule has 72 valence electrons. The summed E-state index contributed by atoms with van der Waals surface area (Å²) in [6, 6.07) is 0. The summed E-state index contributed by atoms with van der Waals surface area (Å²) >= 11 is 0. The second-order valence-electron chi connectivity index (χ2n) is 2.90. The Labute approximate surface area is 76.3 Å². The lowest BCUT2D eigenvalue weighted by molar-refractivity contribution is 0.144. The average Bonchev–Trinajstić information content (AvgIpc) is 2.09. The van der Waals surface area contributed by atoms with Gasteiger partial charge in [-0.2, -0.15) is 0 Å². The normalized spacial score (nSPS) is 30.4. The molecular formula is C8H17NO2S. The average molecular weight is 191 g/mol. The molecule has 0 bridgehead atoms. The molecule has 3 nitrogen and oxygen atoms in total. The highest BCUT2D eigenvalue weighted by Gasteiger charge is 2.19. The fourth-order valence-corrected chi connectivity index (χ4v) is 2.63. The maximum atomic E-state index is 11.4. The largest absolute Gasteiger partial charge is 0.382 e. The van der Waals surface area contributed by atoms with Crippen molar-refractivity contribution in [3.8, 4) is 0 Å². The predicted molar refractivity (Wildman–Crippen MR) is 50.8 cm³/mol. The highest BCUT2D eigenvalue weighted by atomic mass is 32.2. The van der Waals surface area contributed by atoms with Gasteiger partial charge in [-0.3, -0.25) is 4.21 Å². The third-order valence-corrected chi connectivity index (χ3v) is 3.76. The van der Waals surface area contributed by atoms with Crippen molar-refractivity contribution < 1.29 is 8.95 Å². The van der Waals surface area contributed by atoms with Crippen LogP contribution < -0.4 is 5.32 Å². The molecule has 2 atom stereocenters. The van der Waals surface area contributed by atoms with Crippen molar-refractivity contribution in [3.05, 3.63) is 0 Å². The van der Waals surface area contributed by atoms with E-state index in [9.17, 15) is 4.21 Å². The van der Waals surface area contributed by atoms with E-state index in [1.54, 1.807) is 0 Å². The monoisotopic (exact) mass is 191 g/mol. The van der Waals surface area contributed by atoms with Gasteiger partial charge in [0.1, 0.15) is 0 Å². The van der Waals surface area contributed by atoms with Crippen molar-refractivity contribution in [1.29, 1.82) is 0 Å². The van der Waals surface area contributed by atoms with Gasteiger partial charge in [0.25, 0.3) is 0 Å². The highest BCUT2D eigenvalue weighted by Crippen LogP contribution is 2.05. The summed E-state index contributed by atoms with van der Waals surface area (Å²) in [5, 5.41) is 3.55. The summed E-state index contributed by atoms with van der Waals surface area (Å²) < 4.78 is 16.6. The minimum Gasteiger partial charge on any atom is -0.382 e. The van der Waals surface area contributed by atoms with Gasteiger partial charge in [-0.05, 0) is 13.3 Å². The van der Waals surface area contributed by atoms with E-state index in [1.807, 2.05) is 6.92 Å². The van der Waals surface area contributed by atoms with Gasteiger partial charge in [0.15, 0.2) is 0 Å². The van der Waals surface area contributed by atoms with Gasteiger partial charge in [0, 0.05) is 48.1 Å². The molecule has 1 aliphatic heterocycles. The van der Waals surface area contributed by atoms with Gasteiger partial charge < -0.3 is 10.1 Å². The molecule has 1 fully saturated rings. The van der Waals surface area contributed by atoms with Crippen LogP contribution in [-0.2, 0) is 15.5 Å². The van der Waals surface area contributed by atoms with Crippen molar-refractivity contribution in [2.24, 2.45) is 0 Å². The summed E-state index contributed by atoms with van der Waals surface area (Å²) in [5.41, 5.74) is 0. The van der Waals surface area contributed by atoms with Crippen LogP contribution in [0.15, 0.2) is 0 Å². The summed E-state index contributed by atoms with van der Waals surface area (Å²) in [7, 11) is -0.624. The molecule has 1 saturated heterocycles. The van der Waals surface area contributed by atoms with Crippen LogP contribution in [-0.4, -0.2) is 41.5 Å². The molecule has 1 heterocycles.